The molecule has 0 saturated carbocycles. The van der Waals surface area contributed by atoms with Crippen LogP contribution in [0.25, 0.3) is 0 Å². The van der Waals surface area contributed by atoms with Gasteiger partial charge in [0.25, 0.3) is 0 Å². The summed E-state index contributed by atoms with van der Waals surface area (Å²) in [6.07, 6.45) is 0. The van der Waals surface area contributed by atoms with Crippen LogP contribution in [0.5, 0.6) is 0 Å². The number of carbonyl (C=O) groups excluding carboxylic acids is 1. The molecule has 0 spiro atoms. The van der Waals surface area contributed by atoms with Crippen molar-refractivity contribution in [3.05, 3.63) is 0 Å². The van der Waals surface area contributed by atoms with Crippen molar-refractivity contribution in [3.63, 3.8) is 0 Å². The highest BCUT2D eigenvalue weighted by atomic mass is 16.4. The van der Waals surface area contributed by atoms with E-state index in [9.17, 15) is 9.59 Å². The van der Waals surface area contributed by atoms with E-state index in [1.807, 2.05) is 6.92 Å². The first-order chi connectivity index (χ1) is 6.49. The summed E-state index contributed by atoms with van der Waals surface area (Å²) in [5.41, 5.74) is 5.22. The predicted molar refractivity (Wildman–Crippen MR) is 51.8 cm³/mol. The number of likely N-dealkylation sites (N-methyl/N-ethyl adjacent to an activating group) is 1. The quantitative estimate of drug-likeness (QED) is 0.486. The minimum Gasteiger partial charge on any atom is -0.480 e. The van der Waals surface area contributed by atoms with Crippen LogP contribution in [0.2, 0.25) is 0 Å². The molecule has 0 aromatic heterocycles. The maximum absolute atomic E-state index is 11.2. The fraction of sp³-hybridized carbons (Fsp3) is 0.750. The lowest BCUT2D eigenvalue weighted by atomic mass is 10.3. The lowest BCUT2D eigenvalue weighted by Crippen LogP contribution is -2.44. The van der Waals surface area contributed by atoms with Gasteiger partial charge in [-0.05, 0) is 6.92 Å². The maximum atomic E-state index is 11.2. The molecule has 6 nitrogen and oxygen atoms in total. The Morgan fingerprint density at radius 3 is 2.57 bits per heavy atom. The second-order valence-corrected chi connectivity index (χ2v) is 2.98. The van der Waals surface area contributed by atoms with Crippen LogP contribution < -0.4 is 11.1 Å². The Kier molecular flexibility index (Phi) is 5.82. The molecule has 0 aliphatic rings. The number of aliphatic carboxylic acids is 1. The van der Waals surface area contributed by atoms with Crippen molar-refractivity contribution >= 4 is 11.9 Å². The third kappa shape index (κ3) is 4.78. The summed E-state index contributed by atoms with van der Waals surface area (Å²) < 4.78 is 0. The summed E-state index contributed by atoms with van der Waals surface area (Å²) in [6, 6.07) is -0.963. The molecule has 0 aromatic carbocycles. The van der Waals surface area contributed by atoms with Crippen molar-refractivity contribution in [1.82, 2.24) is 10.2 Å². The molecule has 1 amide bonds. The highest BCUT2D eigenvalue weighted by Crippen LogP contribution is 1.82. The first kappa shape index (κ1) is 12.9. The third-order valence-electron chi connectivity index (χ3n) is 1.86. The Morgan fingerprint density at radius 2 is 2.14 bits per heavy atom. The van der Waals surface area contributed by atoms with Crippen LogP contribution in [0, 0.1) is 0 Å². The number of carboxylic acids is 1. The van der Waals surface area contributed by atoms with E-state index >= 15 is 0 Å². The number of nitrogens with two attached hydrogens (primary N) is 1. The number of carboxylic acid groups (broad SMARTS) is 1. The van der Waals surface area contributed by atoms with Crippen LogP contribution in [0.4, 0.5) is 0 Å². The van der Waals surface area contributed by atoms with E-state index in [0.717, 1.165) is 0 Å². The monoisotopic (exact) mass is 203 g/mol. The van der Waals surface area contributed by atoms with Gasteiger partial charge < -0.3 is 21.1 Å². The van der Waals surface area contributed by atoms with Crippen LogP contribution >= 0.6 is 0 Å². The molecule has 0 radical (unpaired) electrons. The van der Waals surface area contributed by atoms with E-state index in [0.29, 0.717) is 6.54 Å². The molecule has 1 unspecified atom stereocenters. The van der Waals surface area contributed by atoms with E-state index in [1.165, 1.54) is 0 Å². The molecule has 0 aromatic rings. The normalized spacial score (nSPS) is 12.2. The summed E-state index contributed by atoms with van der Waals surface area (Å²) in [4.78, 5) is 23.0. The molecule has 14 heavy (non-hydrogen) atoms. The van der Waals surface area contributed by atoms with Crippen molar-refractivity contribution in [3.8, 4) is 0 Å². The highest BCUT2D eigenvalue weighted by Gasteiger charge is 2.12. The maximum Gasteiger partial charge on any atom is 0.321 e. The molecule has 0 aliphatic heterocycles. The van der Waals surface area contributed by atoms with Gasteiger partial charge in [-0.1, -0.05) is 0 Å². The van der Waals surface area contributed by atoms with Crippen LogP contribution in [-0.2, 0) is 9.59 Å². The van der Waals surface area contributed by atoms with Crippen LogP contribution in [0.3, 0.4) is 0 Å². The van der Waals surface area contributed by atoms with Gasteiger partial charge in [-0.15, -0.1) is 0 Å². The third-order valence-corrected chi connectivity index (χ3v) is 1.86. The summed E-state index contributed by atoms with van der Waals surface area (Å²) >= 11 is 0. The van der Waals surface area contributed by atoms with E-state index in [4.69, 9.17) is 10.8 Å². The standard InChI is InChI=1S/C8H17N3O3/c1-3-11(2)7(12)5-10-4-6(9)8(13)14/h6,10H,3-5,9H2,1-2H3,(H,13,14). The van der Waals surface area contributed by atoms with Crippen LogP contribution in [0.15, 0.2) is 0 Å². The number of nitrogens with one attached hydrogen (secondary N) is 1. The molecule has 4 N–H and O–H groups in total. The van der Waals surface area contributed by atoms with Crippen molar-refractivity contribution < 1.29 is 14.7 Å². The van der Waals surface area contributed by atoms with Gasteiger partial charge in [-0.3, -0.25) is 9.59 Å². The fourth-order valence-electron chi connectivity index (χ4n) is 0.733. The number of amides is 1. The number of hydrogen-bond acceptors (Lipinski definition) is 4. The van der Waals surface area contributed by atoms with E-state index in [2.05, 4.69) is 5.32 Å². The minimum atomic E-state index is -1.08. The largest absolute Gasteiger partial charge is 0.480 e. The van der Waals surface area contributed by atoms with Crippen molar-refractivity contribution in [2.24, 2.45) is 5.73 Å². The first-order valence-corrected chi connectivity index (χ1v) is 4.42. The number of carbonyl (C=O) groups is 2. The molecule has 1 atom stereocenters. The molecule has 0 bridgehead atoms. The zero-order valence-electron chi connectivity index (χ0n) is 8.49. The predicted octanol–water partition coefficient (Wildman–Crippen LogP) is -1.53. The van der Waals surface area contributed by atoms with Crippen molar-refractivity contribution in [2.45, 2.75) is 13.0 Å². The van der Waals surface area contributed by atoms with Gasteiger partial charge in [0.1, 0.15) is 6.04 Å². The average molecular weight is 203 g/mol. The zero-order valence-corrected chi connectivity index (χ0v) is 8.49. The molecule has 0 heterocycles. The Balaban J connectivity index is 3.64. The Bertz CT molecular complexity index is 208. The van der Waals surface area contributed by atoms with Gasteiger partial charge in [-0.2, -0.15) is 0 Å². The number of hydrogen-bond donors (Lipinski definition) is 3. The summed E-state index contributed by atoms with van der Waals surface area (Å²) in [7, 11) is 1.68. The van der Waals surface area contributed by atoms with Crippen molar-refractivity contribution in [2.75, 3.05) is 26.7 Å². The Morgan fingerprint density at radius 1 is 1.57 bits per heavy atom. The molecular formula is C8H17N3O3. The molecule has 6 heteroatoms. The highest BCUT2D eigenvalue weighted by molar-refractivity contribution is 5.78. The number of nitrogens with zero attached hydrogens (tertiary/aromatic N) is 1. The zero-order chi connectivity index (χ0) is 11.1. The molecule has 0 saturated heterocycles. The molecule has 0 aliphatic carbocycles. The summed E-state index contributed by atoms with van der Waals surface area (Å²) in [5, 5.41) is 11.1. The van der Waals surface area contributed by atoms with E-state index in [-0.39, 0.29) is 19.0 Å². The molecule has 82 valence electrons. The smallest absolute Gasteiger partial charge is 0.321 e. The fourth-order valence-corrected chi connectivity index (χ4v) is 0.733. The second kappa shape index (κ2) is 6.33. The van der Waals surface area contributed by atoms with Gasteiger partial charge >= 0.3 is 5.97 Å². The van der Waals surface area contributed by atoms with Gasteiger partial charge in [0.2, 0.25) is 5.91 Å². The summed E-state index contributed by atoms with van der Waals surface area (Å²) in [6.45, 7) is 2.70. The Hall–Kier alpha value is -1.14. The van der Waals surface area contributed by atoms with Gasteiger partial charge in [0.15, 0.2) is 0 Å². The lowest BCUT2D eigenvalue weighted by Gasteiger charge is -2.15. The van der Waals surface area contributed by atoms with E-state index in [1.54, 1.807) is 11.9 Å². The minimum absolute atomic E-state index is 0.0786. The van der Waals surface area contributed by atoms with Gasteiger partial charge in [-0.25, -0.2) is 0 Å². The van der Waals surface area contributed by atoms with Crippen LogP contribution in [0.1, 0.15) is 6.92 Å². The molecule has 0 fully saturated rings. The average Bonchev–Trinajstić information content (AvgIpc) is 2.15. The SMILES string of the molecule is CCN(C)C(=O)CNCC(N)C(=O)O. The topological polar surface area (TPSA) is 95.7 Å². The second-order valence-electron chi connectivity index (χ2n) is 2.98. The Labute approximate surface area is 83.1 Å². The van der Waals surface area contributed by atoms with Gasteiger partial charge in [0.05, 0.1) is 6.54 Å². The summed E-state index contributed by atoms with van der Waals surface area (Å²) in [5.74, 6) is -1.15. The van der Waals surface area contributed by atoms with Gasteiger partial charge in [0, 0.05) is 20.1 Å². The molecular weight excluding hydrogens is 186 g/mol. The number of rotatable bonds is 6. The van der Waals surface area contributed by atoms with Crippen LogP contribution in [-0.4, -0.2) is 54.6 Å². The first-order valence-electron chi connectivity index (χ1n) is 4.42. The van der Waals surface area contributed by atoms with E-state index < -0.39 is 12.0 Å². The molecule has 0 rings (SSSR count). The lowest BCUT2D eigenvalue weighted by molar-refractivity contribution is -0.138. The van der Waals surface area contributed by atoms with Crippen molar-refractivity contribution in [1.29, 1.82) is 0 Å².